The van der Waals surface area contributed by atoms with Crippen LogP contribution in [0.3, 0.4) is 0 Å². The van der Waals surface area contributed by atoms with Crippen LogP contribution in [0.4, 0.5) is 0 Å². The van der Waals surface area contributed by atoms with Crippen LogP contribution in [0.25, 0.3) is 0 Å². The van der Waals surface area contributed by atoms with Crippen LogP contribution in [-0.4, -0.2) is 68.8 Å². The van der Waals surface area contributed by atoms with Crippen LogP contribution in [0.2, 0.25) is 0 Å². The molecule has 0 aliphatic carbocycles. The third kappa shape index (κ3) is 4.40. The second-order valence-corrected chi connectivity index (χ2v) is 7.79. The molecule has 0 amide bonds. The van der Waals surface area contributed by atoms with Gasteiger partial charge in [0.25, 0.3) is 0 Å². The molecule has 102 valence electrons. The van der Waals surface area contributed by atoms with Gasteiger partial charge in [-0.05, 0) is 0 Å². The van der Waals surface area contributed by atoms with Crippen LogP contribution in [0.15, 0.2) is 0 Å². The molecule has 1 heterocycles. The minimum absolute atomic E-state index is 0.127. The lowest BCUT2D eigenvalue weighted by atomic mass is 10.3. The second-order valence-electron chi connectivity index (χ2n) is 4.19. The van der Waals surface area contributed by atoms with E-state index >= 15 is 0 Å². The highest BCUT2D eigenvalue weighted by Crippen LogP contribution is 2.21. The second kappa shape index (κ2) is 6.94. The van der Waals surface area contributed by atoms with Gasteiger partial charge in [0.05, 0.1) is 6.61 Å². The predicted octanol–water partition coefficient (Wildman–Crippen LogP) is -0.230. The van der Waals surface area contributed by atoms with Crippen molar-refractivity contribution in [3.63, 3.8) is 0 Å². The van der Waals surface area contributed by atoms with E-state index in [0.29, 0.717) is 18.9 Å². The number of methoxy groups -OCH3 is 1. The Morgan fingerprint density at radius 3 is 2.88 bits per heavy atom. The van der Waals surface area contributed by atoms with Crippen LogP contribution in [-0.2, 0) is 14.6 Å². The van der Waals surface area contributed by atoms with E-state index in [0.717, 1.165) is 12.3 Å². The fourth-order valence-corrected chi connectivity index (χ4v) is 5.01. The monoisotopic (exact) mass is 282 g/mol. The number of rotatable bonds is 6. The van der Waals surface area contributed by atoms with Gasteiger partial charge >= 0.3 is 0 Å². The molecule has 0 aromatic carbocycles. The van der Waals surface area contributed by atoms with Crippen LogP contribution < -0.4 is 5.73 Å². The van der Waals surface area contributed by atoms with E-state index < -0.39 is 9.84 Å². The molecule has 7 heteroatoms. The van der Waals surface area contributed by atoms with Crippen molar-refractivity contribution >= 4 is 21.6 Å². The van der Waals surface area contributed by atoms with Gasteiger partial charge in [-0.1, -0.05) is 6.92 Å². The van der Waals surface area contributed by atoms with Crippen molar-refractivity contribution < 1.29 is 13.2 Å². The zero-order valence-electron chi connectivity index (χ0n) is 10.5. The van der Waals surface area contributed by atoms with E-state index in [1.807, 2.05) is 4.90 Å². The Kier molecular flexibility index (Phi) is 6.22. The van der Waals surface area contributed by atoms with Gasteiger partial charge in [0.15, 0.2) is 9.84 Å². The summed E-state index contributed by atoms with van der Waals surface area (Å²) in [5.74, 6) is 1.81. The first-order chi connectivity index (χ1) is 8.01. The maximum absolute atomic E-state index is 12.0. The lowest BCUT2D eigenvalue weighted by Gasteiger charge is -2.35. The number of hydrogen-bond donors (Lipinski definition) is 1. The Bertz CT molecular complexity index is 322. The number of nitrogens with two attached hydrogens (primary N) is 1. The molecule has 0 radical (unpaired) electrons. The molecule has 1 aliphatic heterocycles. The van der Waals surface area contributed by atoms with E-state index in [2.05, 4.69) is 0 Å². The zero-order valence-corrected chi connectivity index (χ0v) is 12.1. The Morgan fingerprint density at radius 2 is 2.29 bits per heavy atom. The molecule has 1 saturated heterocycles. The minimum Gasteiger partial charge on any atom is -0.383 e. The molecule has 1 fully saturated rings. The maximum atomic E-state index is 12.0. The molecule has 1 aliphatic rings. The molecule has 5 nitrogen and oxygen atoms in total. The normalized spacial score (nSPS) is 24.8. The molecule has 0 spiro atoms. The summed E-state index contributed by atoms with van der Waals surface area (Å²) in [4.78, 5) is 1.99. The number of sulfone groups is 1. The van der Waals surface area contributed by atoms with Crippen molar-refractivity contribution in [3.05, 3.63) is 0 Å². The SMILES string of the molecule is CCS(=O)(=O)C1CSCCN1CC(N)COC. The number of ether oxygens (including phenoxy) is 1. The Morgan fingerprint density at radius 1 is 1.59 bits per heavy atom. The van der Waals surface area contributed by atoms with Gasteiger partial charge in [-0.3, -0.25) is 4.90 Å². The third-order valence-corrected chi connectivity index (χ3v) is 6.19. The summed E-state index contributed by atoms with van der Waals surface area (Å²) in [5, 5.41) is -0.380. The Hall–Kier alpha value is 0.180. The maximum Gasteiger partial charge on any atom is 0.166 e. The average Bonchev–Trinajstić information content (AvgIpc) is 2.30. The summed E-state index contributed by atoms with van der Waals surface area (Å²) in [6.45, 7) is 3.52. The molecule has 0 aromatic heterocycles. The lowest BCUT2D eigenvalue weighted by molar-refractivity contribution is 0.152. The van der Waals surface area contributed by atoms with Crippen LogP contribution in [0.1, 0.15) is 6.92 Å². The molecular weight excluding hydrogens is 260 g/mol. The highest BCUT2D eigenvalue weighted by Gasteiger charge is 2.33. The average molecular weight is 282 g/mol. The van der Waals surface area contributed by atoms with Crippen molar-refractivity contribution in [3.8, 4) is 0 Å². The quantitative estimate of drug-likeness (QED) is 0.725. The van der Waals surface area contributed by atoms with Crippen LogP contribution in [0.5, 0.6) is 0 Å². The fourth-order valence-electron chi connectivity index (χ4n) is 1.92. The van der Waals surface area contributed by atoms with Gasteiger partial charge in [0.2, 0.25) is 0 Å². The Balaban J connectivity index is 2.66. The molecule has 1 rings (SSSR count). The first kappa shape index (κ1) is 15.2. The van der Waals surface area contributed by atoms with E-state index in [1.165, 1.54) is 0 Å². The molecule has 2 unspecified atom stereocenters. The van der Waals surface area contributed by atoms with Crippen molar-refractivity contribution in [1.82, 2.24) is 4.90 Å². The molecule has 0 bridgehead atoms. The summed E-state index contributed by atoms with van der Waals surface area (Å²) in [5.41, 5.74) is 5.89. The van der Waals surface area contributed by atoms with E-state index in [-0.39, 0.29) is 17.2 Å². The van der Waals surface area contributed by atoms with Crippen molar-refractivity contribution in [2.24, 2.45) is 5.73 Å². The van der Waals surface area contributed by atoms with E-state index in [4.69, 9.17) is 10.5 Å². The first-order valence-electron chi connectivity index (χ1n) is 5.79. The number of nitrogens with zero attached hydrogens (tertiary/aromatic N) is 1. The summed E-state index contributed by atoms with van der Waals surface area (Å²) < 4.78 is 28.9. The number of thioether (sulfide) groups is 1. The molecule has 17 heavy (non-hydrogen) atoms. The first-order valence-corrected chi connectivity index (χ1v) is 8.66. The largest absolute Gasteiger partial charge is 0.383 e. The summed E-state index contributed by atoms with van der Waals surface area (Å²) in [6, 6.07) is -0.127. The van der Waals surface area contributed by atoms with Crippen molar-refractivity contribution in [2.75, 3.05) is 44.1 Å². The molecular formula is C10H22N2O3S2. The number of hydrogen-bond acceptors (Lipinski definition) is 6. The predicted molar refractivity (Wildman–Crippen MR) is 72.0 cm³/mol. The summed E-state index contributed by atoms with van der Waals surface area (Å²) >= 11 is 1.70. The van der Waals surface area contributed by atoms with Crippen molar-refractivity contribution in [1.29, 1.82) is 0 Å². The van der Waals surface area contributed by atoms with Gasteiger partial charge in [-0.25, -0.2) is 8.42 Å². The van der Waals surface area contributed by atoms with Gasteiger partial charge in [0.1, 0.15) is 5.37 Å². The van der Waals surface area contributed by atoms with Crippen LogP contribution >= 0.6 is 11.8 Å². The molecule has 0 aromatic rings. The highest BCUT2D eigenvalue weighted by atomic mass is 32.2. The lowest BCUT2D eigenvalue weighted by Crippen LogP contribution is -2.52. The van der Waals surface area contributed by atoms with Crippen LogP contribution in [0, 0.1) is 0 Å². The van der Waals surface area contributed by atoms with Gasteiger partial charge < -0.3 is 10.5 Å². The van der Waals surface area contributed by atoms with E-state index in [1.54, 1.807) is 25.8 Å². The fraction of sp³-hybridized carbons (Fsp3) is 1.00. The topological polar surface area (TPSA) is 72.6 Å². The molecule has 0 saturated carbocycles. The minimum atomic E-state index is -3.02. The molecule has 2 N–H and O–H groups in total. The van der Waals surface area contributed by atoms with E-state index in [9.17, 15) is 8.42 Å². The zero-order chi connectivity index (χ0) is 12.9. The smallest absolute Gasteiger partial charge is 0.166 e. The Labute approximate surface area is 108 Å². The standard InChI is InChI=1S/C10H22N2O3S2/c1-3-17(13,14)10-8-16-5-4-12(10)6-9(11)7-15-2/h9-10H,3-8,11H2,1-2H3. The molecule has 2 atom stereocenters. The van der Waals surface area contributed by atoms with Gasteiger partial charge in [-0.15, -0.1) is 0 Å². The van der Waals surface area contributed by atoms with Gasteiger partial charge in [-0.2, -0.15) is 11.8 Å². The van der Waals surface area contributed by atoms with Crippen molar-refractivity contribution in [2.45, 2.75) is 18.3 Å². The highest BCUT2D eigenvalue weighted by molar-refractivity contribution is 8.01. The van der Waals surface area contributed by atoms with Gasteiger partial charge in [0, 0.05) is 43.5 Å². The third-order valence-electron chi connectivity index (χ3n) is 2.86. The summed E-state index contributed by atoms with van der Waals surface area (Å²) in [7, 11) is -1.42. The summed E-state index contributed by atoms with van der Waals surface area (Å²) in [6.07, 6.45) is 0.